The Morgan fingerprint density at radius 1 is 1.33 bits per heavy atom. The van der Waals surface area contributed by atoms with Crippen LogP contribution in [0.3, 0.4) is 0 Å². The Labute approximate surface area is 107 Å². The highest BCUT2D eigenvalue weighted by Crippen LogP contribution is 2.18. The summed E-state index contributed by atoms with van der Waals surface area (Å²) in [5.41, 5.74) is 1.36. The maximum absolute atomic E-state index is 5.09. The second kappa shape index (κ2) is 5.23. The summed E-state index contributed by atoms with van der Waals surface area (Å²) in [5.74, 6) is 0.942. The molecule has 94 valence electrons. The smallest absolute Gasteiger partial charge is 0.182 e. The number of hydrogen-bond acceptors (Lipinski definition) is 4. The summed E-state index contributed by atoms with van der Waals surface area (Å²) < 4.78 is 5.09. The first-order chi connectivity index (χ1) is 8.93. The molecule has 4 nitrogen and oxygen atoms in total. The van der Waals surface area contributed by atoms with Gasteiger partial charge in [-0.3, -0.25) is 0 Å². The first kappa shape index (κ1) is 11.3. The van der Waals surface area contributed by atoms with E-state index in [9.17, 15) is 0 Å². The lowest BCUT2D eigenvalue weighted by Crippen LogP contribution is -2.52. The lowest BCUT2D eigenvalue weighted by atomic mass is 10.0. The van der Waals surface area contributed by atoms with E-state index in [1.807, 2.05) is 0 Å². The van der Waals surface area contributed by atoms with Crippen LogP contribution >= 0.6 is 0 Å². The van der Waals surface area contributed by atoms with Gasteiger partial charge in [0.25, 0.3) is 0 Å². The van der Waals surface area contributed by atoms with Gasteiger partial charge in [0.05, 0.1) is 0 Å². The van der Waals surface area contributed by atoms with E-state index in [2.05, 4.69) is 45.5 Å². The molecule has 0 bridgehead atoms. The molecule has 1 fully saturated rings. The molecule has 4 heteroatoms. The summed E-state index contributed by atoms with van der Waals surface area (Å²) in [7, 11) is 0. The molecule has 1 aromatic carbocycles. The molecular weight excluding hydrogens is 226 g/mol. The van der Waals surface area contributed by atoms with E-state index in [1.54, 1.807) is 6.26 Å². The van der Waals surface area contributed by atoms with Gasteiger partial charge in [-0.2, -0.15) is 4.98 Å². The number of nitrogens with zero attached hydrogens (tertiary/aromatic N) is 2. The van der Waals surface area contributed by atoms with Crippen molar-refractivity contribution in [3.05, 3.63) is 48.6 Å². The number of nitrogens with one attached hydrogen (secondary N) is 1. The van der Waals surface area contributed by atoms with Crippen LogP contribution in [0.25, 0.3) is 0 Å². The third-order valence-corrected chi connectivity index (χ3v) is 3.38. The van der Waals surface area contributed by atoms with Crippen LogP contribution in [-0.4, -0.2) is 30.7 Å². The SMILES string of the molecule is c1ccc(C[C@@H]2CNCCN2c2cocn2)cc1. The number of hydrogen-bond donors (Lipinski definition) is 1. The van der Waals surface area contributed by atoms with E-state index in [4.69, 9.17) is 4.42 Å². The van der Waals surface area contributed by atoms with Crippen LogP contribution in [0.15, 0.2) is 47.4 Å². The van der Waals surface area contributed by atoms with Gasteiger partial charge in [-0.15, -0.1) is 0 Å². The predicted molar refractivity (Wildman–Crippen MR) is 70.7 cm³/mol. The second-order valence-electron chi connectivity index (χ2n) is 4.59. The molecule has 0 aliphatic carbocycles. The Morgan fingerprint density at radius 3 is 3.00 bits per heavy atom. The Balaban J connectivity index is 1.76. The van der Waals surface area contributed by atoms with Gasteiger partial charge in [0.1, 0.15) is 6.26 Å². The van der Waals surface area contributed by atoms with E-state index >= 15 is 0 Å². The summed E-state index contributed by atoms with van der Waals surface area (Å²) in [6.45, 7) is 2.96. The fraction of sp³-hybridized carbons (Fsp3) is 0.357. The van der Waals surface area contributed by atoms with E-state index in [0.717, 1.165) is 31.9 Å². The number of piperazine rings is 1. The van der Waals surface area contributed by atoms with Gasteiger partial charge in [-0.25, -0.2) is 0 Å². The predicted octanol–water partition coefficient (Wildman–Crippen LogP) is 1.70. The molecule has 0 spiro atoms. The minimum Gasteiger partial charge on any atom is -0.449 e. The van der Waals surface area contributed by atoms with E-state index in [0.29, 0.717) is 6.04 Å². The summed E-state index contributed by atoms with van der Waals surface area (Å²) in [6, 6.07) is 11.0. The standard InChI is InChI=1S/C14H17N3O/c1-2-4-12(5-3-1)8-13-9-15-6-7-17(13)14-10-18-11-16-14/h1-5,10-11,13,15H,6-9H2/t13-/m1/s1. The Morgan fingerprint density at radius 2 is 2.22 bits per heavy atom. The van der Waals surface area contributed by atoms with Gasteiger partial charge in [-0.05, 0) is 12.0 Å². The Kier molecular flexibility index (Phi) is 3.28. The van der Waals surface area contributed by atoms with Crippen LogP contribution in [-0.2, 0) is 6.42 Å². The number of anilines is 1. The summed E-state index contributed by atoms with van der Waals surface area (Å²) in [6.07, 6.45) is 4.25. The highest BCUT2D eigenvalue weighted by molar-refractivity contribution is 5.38. The van der Waals surface area contributed by atoms with Crippen LogP contribution in [0.4, 0.5) is 5.82 Å². The van der Waals surface area contributed by atoms with Crippen molar-refractivity contribution in [1.29, 1.82) is 0 Å². The molecule has 1 atom stereocenters. The van der Waals surface area contributed by atoms with Crippen molar-refractivity contribution in [3.8, 4) is 0 Å². The number of aromatic nitrogens is 1. The van der Waals surface area contributed by atoms with Crippen molar-refractivity contribution >= 4 is 5.82 Å². The van der Waals surface area contributed by atoms with E-state index in [1.165, 1.54) is 12.0 Å². The minimum absolute atomic E-state index is 0.436. The minimum atomic E-state index is 0.436. The van der Waals surface area contributed by atoms with Crippen LogP contribution in [0, 0.1) is 0 Å². The van der Waals surface area contributed by atoms with Gasteiger partial charge in [-0.1, -0.05) is 30.3 Å². The second-order valence-corrected chi connectivity index (χ2v) is 4.59. The lowest BCUT2D eigenvalue weighted by Gasteiger charge is -2.36. The summed E-state index contributed by atoms with van der Waals surface area (Å²) in [5, 5.41) is 3.45. The summed E-state index contributed by atoms with van der Waals surface area (Å²) in [4.78, 5) is 6.59. The van der Waals surface area contributed by atoms with Gasteiger partial charge in [0.15, 0.2) is 12.2 Å². The molecular formula is C14H17N3O. The van der Waals surface area contributed by atoms with E-state index in [-0.39, 0.29) is 0 Å². The molecule has 1 aromatic heterocycles. The van der Waals surface area contributed by atoms with Crippen LogP contribution < -0.4 is 10.2 Å². The molecule has 1 aliphatic rings. The Hall–Kier alpha value is -1.81. The molecule has 3 rings (SSSR count). The molecule has 1 aliphatic heterocycles. The average molecular weight is 243 g/mol. The highest BCUT2D eigenvalue weighted by Gasteiger charge is 2.24. The highest BCUT2D eigenvalue weighted by atomic mass is 16.3. The molecule has 0 saturated carbocycles. The third-order valence-electron chi connectivity index (χ3n) is 3.38. The molecule has 18 heavy (non-hydrogen) atoms. The Bertz CT molecular complexity index is 469. The van der Waals surface area contributed by atoms with Crippen molar-refractivity contribution in [2.45, 2.75) is 12.5 Å². The van der Waals surface area contributed by atoms with Gasteiger partial charge >= 0.3 is 0 Å². The molecule has 0 radical (unpaired) electrons. The summed E-state index contributed by atoms with van der Waals surface area (Å²) >= 11 is 0. The van der Waals surface area contributed by atoms with Crippen molar-refractivity contribution in [2.75, 3.05) is 24.5 Å². The zero-order valence-electron chi connectivity index (χ0n) is 10.2. The fourth-order valence-electron chi connectivity index (χ4n) is 2.48. The van der Waals surface area contributed by atoms with Crippen molar-refractivity contribution < 1.29 is 4.42 Å². The normalized spacial score (nSPS) is 20.0. The first-order valence-electron chi connectivity index (χ1n) is 6.33. The van der Waals surface area contributed by atoms with E-state index < -0.39 is 0 Å². The molecule has 1 N–H and O–H groups in total. The zero-order valence-corrected chi connectivity index (χ0v) is 10.2. The van der Waals surface area contributed by atoms with Crippen LogP contribution in [0.1, 0.15) is 5.56 Å². The zero-order chi connectivity index (χ0) is 12.2. The molecule has 0 unspecified atom stereocenters. The lowest BCUT2D eigenvalue weighted by molar-refractivity contribution is 0.469. The monoisotopic (exact) mass is 243 g/mol. The number of oxazole rings is 1. The average Bonchev–Trinajstić information content (AvgIpc) is 2.94. The first-order valence-corrected chi connectivity index (χ1v) is 6.33. The maximum atomic E-state index is 5.09. The largest absolute Gasteiger partial charge is 0.449 e. The fourth-order valence-corrected chi connectivity index (χ4v) is 2.48. The molecule has 2 heterocycles. The number of rotatable bonds is 3. The third kappa shape index (κ3) is 2.38. The number of benzene rings is 1. The van der Waals surface area contributed by atoms with Crippen LogP contribution in [0.5, 0.6) is 0 Å². The molecule has 0 amide bonds. The maximum Gasteiger partial charge on any atom is 0.182 e. The molecule has 1 saturated heterocycles. The molecule has 2 aromatic rings. The topological polar surface area (TPSA) is 41.3 Å². The quantitative estimate of drug-likeness (QED) is 0.890. The van der Waals surface area contributed by atoms with Gasteiger partial charge < -0.3 is 14.6 Å². The van der Waals surface area contributed by atoms with Gasteiger partial charge in [0, 0.05) is 25.7 Å². The van der Waals surface area contributed by atoms with Crippen molar-refractivity contribution in [1.82, 2.24) is 10.3 Å². The van der Waals surface area contributed by atoms with Crippen molar-refractivity contribution in [2.24, 2.45) is 0 Å². The van der Waals surface area contributed by atoms with Crippen LogP contribution in [0.2, 0.25) is 0 Å². The van der Waals surface area contributed by atoms with Crippen molar-refractivity contribution in [3.63, 3.8) is 0 Å². The van der Waals surface area contributed by atoms with Gasteiger partial charge in [0.2, 0.25) is 0 Å².